The van der Waals surface area contributed by atoms with Crippen LogP contribution in [0.1, 0.15) is 19.2 Å². The van der Waals surface area contributed by atoms with E-state index in [-0.39, 0.29) is 0 Å². The number of benzene rings is 1. The van der Waals surface area contributed by atoms with Crippen molar-refractivity contribution in [1.82, 2.24) is 20.5 Å². The second kappa shape index (κ2) is 5.93. The van der Waals surface area contributed by atoms with Crippen molar-refractivity contribution in [3.05, 3.63) is 34.6 Å². The molecule has 90 valence electrons. The second-order valence-electron chi connectivity index (χ2n) is 3.79. The highest BCUT2D eigenvalue weighted by atomic mass is 79.9. The predicted octanol–water partition coefficient (Wildman–Crippen LogP) is 2.73. The van der Waals surface area contributed by atoms with Crippen LogP contribution >= 0.6 is 15.9 Å². The number of aromatic nitrogens is 3. The normalized spacial score (nSPS) is 10.7. The minimum atomic E-state index is 0.734. The van der Waals surface area contributed by atoms with Crippen molar-refractivity contribution in [2.24, 2.45) is 0 Å². The van der Waals surface area contributed by atoms with Crippen LogP contribution in [0.15, 0.2) is 28.7 Å². The van der Waals surface area contributed by atoms with Gasteiger partial charge in [-0.2, -0.15) is 5.10 Å². The molecule has 2 N–H and O–H groups in total. The summed E-state index contributed by atoms with van der Waals surface area (Å²) >= 11 is 3.41. The molecule has 1 heterocycles. The summed E-state index contributed by atoms with van der Waals surface area (Å²) in [6.45, 7) is 3.87. The van der Waals surface area contributed by atoms with Gasteiger partial charge in [0.25, 0.3) is 0 Å². The van der Waals surface area contributed by atoms with Gasteiger partial charge in [-0.25, -0.2) is 4.98 Å². The van der Waals surface area contributed by atoms with Crippen molar-refractivity contribution >= 4 is 15.9 Å². The van der Waals surface area contributed by atoms with Gasteiger partial charge in [-0.15, -0.1) is 0 Å². The van der Waals surface area contributed by atoms with Gasteiger partial charge in [-0.1, -0.05) is 35.0 Å². The van der Waals surface area contributed by atoms with E-state index in [9.17, 15) is 0 Å². The van der Waals surface area contributed by atoms with Gasteiger partial charge in [-0.05, 0) is 25.1 Å². The molecular formula is C12H15BrN4. The van der Waals surface area contributed by atoms with Gasteiger partial charge in [-0.3, -0.25) is 5.10 Å². The molecule has 0 saturated heterocycles. The molecule has 0 aliphatic heterocycles. The van der Waals surface area contributed by atoms with E-state index >= 15 is 0 Å². The van der Waals surface area contributed by atoms with Crippen LogP contribution in [0.2, 0.25) is 0 Å². The smallest absolute Gasteiger partial charge is 0.181 e. The number of halogens is 1. The number of H-pyrrole nitrogens is 1. The summed E-state index contributed by atoms with van der Waals surface area (Å²) in [5.41, 5.74) is 1.02. The Kier molecular flexibility index (Phi) is 4.28. The first-order valence-electron chi connectivity index (χ1n) is 5.67. The number of hydrogen-bond acceptors (Lipinski definition) is 3. The highest BCUT2D eigenvalue weighted by Gasteiger charge is 2.04. The van der Waals surface area contributed by atoms with Crippen molar-refractivity contribution in [2.45, 2.75) is 19.9 Å². The summed E-state index contributed by atoms with van der Waals surface area (Å²) in [6.07, 6.45) is 1.12. The lowest BCUT2D eigenvalue weighted by Gasteiger charge is -1.97. The zero-order valence-electron chi connectivity index (χ0n) is 9.70. The molecule has 0 unspecified atom stereocenters. The first-order valence-corrected chi connectivity index (χ1v) is 6.47. The molecule has 17 heavy (non-hydrogen) atoms. The molecular weight excluding hydrogens is 280 g/mol. The van der Waals surface area contributed by atoms with Gasteiger partial charge >= 0.3 is 0 Å². The molecule has 1 aromatic carbocycles. The predicted molar refractivity (Wildman–Crippen MR) is 71.5 cm³/mol. The monoisotopic (exact) mass is 294 g/mol. The Morgan fingerprint density at radius 2 is 2.06 bits per heavy atom. The van der Waals surface area contributed by atoms with Crippen molar-refractivity contribution in [1.29, 1.82) is 0 Å². The fraction of sp³-hybridized carbons (Fsp3) is 0.333. The number of rotatable bonds is 5. The molecule has 4 nitrogen and oxygen atoms in total. The van der Waals surface area contributed by atoms with E-state index in [2.05, 4.69) is 43.4 Å². The molecule has 1 aromatic heterocycles. The summed E-state index contributed by atoms with van der Waals surface area (Å²) in [5, 5.41) is 10.4. The summed E-state index contributed by atoms with van der Waals surface area (Å²) < 4.78 is 1.06. The standard InChI is InChI=1S/C12H15BrN4/c1-2-7-14-8-11-15-12(17-16-11)9-3-5-10(13)6-4-9/h3-6,14H,2,7-8H2,1H3,(H,15,16,17). The first-order chi connectivity index (χ1) is 8.29. The molecule has 0 fully saturated rings. The van der Waals surface area contributed by atoms with Crippen LogP contribution in [-0.2, 0) is 6.54 Å². The lowest BCUT2D eigenvalue weighted by molar-refractivity contribution is 0.652. The summed E-state index contributed by atoms with van der Waals surface area (Å²) in [5.74, 6) is 1.61. The van der Waals surface area contributed by atoms with Crippen molar-refractivity contribution < 1.29 is 0 Å². The van der Waals surface area contributed by atoms with E-state index in [4.69, 9.17) is 0 Å². The van der Waals surface area contributed by atoms with Crippen LogP contribution in [0.5, 0.6) is 0 Å². The number of aromatic amines is 1. The molecule has 5 heteroatoms. The van der Waals surface area contributed by atoms with Crippen molar-refractivity contribution in [3.63, 3.8) is 0 Å². The Morgan fingerprint density at radius 3 is 2.76 bits per heavy atom. The second-order valence-corrected chi connectivity index (χ2v) is 4.71. The quantitative estimate of drug-likeness (QED) is 0.834. The van der Waals surface area contributed by atoms with E-state index < -0.39 is 0 Å². The van der Waals surface area contributed by atoms with E-state index in [1.165, 1.54) is 0 Å². The maximum atomic E-state index is 4.44. The van der Waals surface area contributed by atoms with Crippen LogP contribution in [0, 0.1) is 0 Å². The molecule has 0 aliphatic carbocycles. The lowest BCUT2D eigenvalue weighted by Crippen LogP contribution is -2.14. The summed E-state index contributed by atoms with van der Waals surface area (Å²) in [6, 6.07) is 7.97. The van der Waals surface area contributed by atoms with Gasteiger partial charge in [0.2, 0.25) is 0 Å². The Labute approximate surface area is 109 Å². The maximum Gasteiger partial charge on any atom is 0.181 e. The van der Waals surface area contributed by atoms with Crippen LogP contribution < -0.4 is 5.32 Å². The average molecular weight is 295 g/mol. The first kappa shape index (κ1) is 12.3. The Morgan fingerprint density at radius 1 is 1.29 bits per heavy atom. The number of nitrogens with zero attached hydrogens (tertiary/aromatic N) is 2. The molecule has 0 atom stereocenters. The molecule has 2 aromatic rings. The molecule has 2 rings (SSSR count). The Bertz CT molecular complexity index is 464. The third kappa shape index (κ3) is 3.38. The molecule has 0 saturated carbocycles. The van der Waals surface area contributed by atoms with E-state index in [0.717, 1.165) is 41.2 Å². The largest absolute Gasteiger partial charge is 0.310 e. The lowest BCUT2D eigenvalue weighted by atomic mass is 10.2. The van der Waals surface area contributed by atoms with Crippen LogP contribution in [0.3, 0.4) is 0 Å². The van der Waals surface area contributed by atoms with Crippen molar-refractivity contribution in [3.8, 4) is 11.4 Å². The fourth-order valence-corrected chi connectivity index (χ4v) is 1.75. The molecule has 0 bridgehead atoms. The molecule has 0 radical (unpaired) electrons. The minimum Gasteiger partial charge on any atom is -0.310 e. The highest BCUT2D eigenvalue weighted by molar-refractivity contribution is 9.10. The van der Waals surface area contributed by atoms with Gasteiger partial charge in [0.05, 0.1) is 6.54 Å². The summed E-state index contributed by atoms with van der Waals surface area (Å²) in [7, 11) is 0. The Hall–Kier alpha value is -1.20. The van der Waals surface area contributed by atoms with Gasteiger partial charge in [0.1, 0.15) is 5.82 Å². The fourth-order valence-electron chi connectivity index (χ4n) is 1.49. The molecule has 0 spiro atoms. The zero-order chi connectivity index (χ0) is 12.1. The van der Waals surface area contributed by atoms with E-state index in [1.807, 2.05) is 24.3 Å². The van der Waals surface area contributed by atoms with Gasteiger partial charge < -0.3 is 5.32 Å². The SMILES string of the molecule is CCCNCc1nc(-c2ccc(Br)cc2)n[nH]1. The Balaban J connectivity index is 2.04. The van der Waals surface area contributed by atoms with E-state index in [0.29, 0.717) is 0 Å². The molecule has 0 amide bonds. The average Bonchev–Trinajstić information content (AvgIpc) is 2.79. The topological polar surface area (TPSA) is 53.6 Å². The van der Waals surface area contributed by atoms with E-state index in [1.54, 1.807) is 0 Å². The van der Waals surface area contributed by atoms with Gasteiger partial charge in [0, 0.05) is 10.0 Å². The summed E-state index contributed by atoms with van der Waals surface area (Å²) in [4.78, 5) is 4.44. The highest BCUT2D eigenvalue weighted by Crippen LogP contribution is 2.17. The number of hydrogen-bond donors (Lipinski definition) is 2. The van der Waals surface area contributed by atoms with Crippen molar-refractivity contribution in [2.75, 3.05) is 6.54 Å². The zero-order valence-corrected chi connectivity index (χ0v) is 11.3. The third-order valence-corrected chi connectivity index (χ3v) is 2.88. The minimum absolute atomic E-state index is 0.734. The third-order valence-electron chi connectivity index (χ3n) is 2.35. The molecule has 0 aliphatic rings. The van der Waals surface area contributed by atoms with Crippen LogP contribution in [0.4, 0.5) is 0 Å². The van der Waals surface area contributed by atoms with Crippen LogP contribution in [0.25, 0.3) is 11.4 Å². The van der Waals surface area contributed by atoms with Gasteiger partial charge in [0.15, 0.2) is 5.82 Å². The van der Waals surface area contributed by atoms with Crippen LogP contribution in [-0.4, -0.2) is 21.7 Å². The number of nitrogens with one attached hydrogen (secondary N) is 2. The maximum absolute atomic E-state index is 4.44.